The van der Waals surface area contributed by atoms with Crippen molar-refractivity contribution in [1.82, 2.24) is 4.98 Å². The predicted molar refractivity (Wildman–Crippen MR) is 64.2 cm³/mol. The predicted octanol–water partition coefficient (Wildman–Crippen LogP) is 3.17. The van der Waals surface area contributed by atoms with E-state index in [0.717, 1.165) is 14.5 Å². The lowest BCUT2D eigenvalue weighted by Crippen LogP contribution is -2.18. The summed E-state index contributed by atoms with van der Waals surface area (Å²) in [5, 5.41) is 9.77. The van der Waals surface area contributed by atoms with Crippen molar-refractivity contribution in [2.45, 2.75) is 26.4 Å². The van der Waals surface area contributed by atoms with E-state index >= 15 is 0 Å². The molecule has 0 aliphatic carbocycles. The van der Waals surface area contributed by atoms with Crippen molar-refractivity contribution >= 4 is 31.9 Å². The standard InChI is InChI=1S/C10H13Br2NO/c1-6(2)10(14)3-7-8(11)4-13-5-9(7)12/h4-6,10,14H,3H2,1-2H3. The quantitative estimate of drug-likeness (QED) is 0.927. The second kappa shape index (κ2) is 5.24. The lowest BCUT2D eigenvalue weighted by molar-refractivity contribution is 0.125. The highest BCUT2D eigenvalue weighted by atomic mass is 79.9. The van der Waals surface area contributed by atoms with Gasteiger partial charge in [-0.3, -0.25) is 4.98 Å². The normalized spacial score (nSPS) is 13.3. The maximum atomic E-state index is 9.77. The van der Waals surface area contributed by atoms with Gasteiger partial charge in [-0.05, 0) is 43.3 Å². The van der Waals surface area contributed by atoms with E-state index in [1.807, 2.05) is 13.8 Å². The molecule has 0 bridgehead atoms. The Morgan fingerprint density at radius 3 is 2.21 bits per heavy atom. The van der Waals surface area contributed by atoms with Crippen LogP contribution in [0.5, 0.6) is 0 Å². The Kier molecular flexibility index (Phi) is 4.54. The molecule has 0 aliphatic rings. The molecule has 2 nitrogen and oxygen atoms in total. The van der Waals surface area contributed by atoms with E-state index < -0.39 is 0 Å². The zero-order valence-corrected chi connectivity index (χ0v) is 11.3. The van der Waals surface area contributed by atoms with Crippen LogP contribution in [0.2, 0.25) is 0 Å². The average Bonchev–Trinajstić information content (AvgIpc) is 2.11. The molecule has 0 saturated heterocycles. The summed E-state index contributed by atoms with van der Waals surface area (Å²) in [7, 11) is 0. The minimum atomic E-state index is -0.315. The summed E-state index contributed by atoms with van der Waals surface area (Å²) < 4.78 is 1.87. The Hall–Kier alpha value is 0.0700. The summed E-state index contributed by atoms with van der Waals surface area (Å²) in [6, 6.07) is 0. The fourth-order valence-corrected chi connectivity index (χ4v) is 2.33. The SMILES string of the molecule is CC(C)C(O)Cc1c(Br)cncc1Br. The monoisotopic (exact) mass is 321 g/mol. The Balaban J connectivity index is 2.85. The molecular formula is C10H13Br2NO. The Morgan fingerprint density at radius 1 is 1.29 bits per heavy atom. The van der Waals surface area contributed by atoms with Crippen LogP contribution in [0.1, 0.15) is 19.4 Å². The van der Waals surface area contributed by atoms with Gasteiger partial charge in [0, 0.05) is 27.8 Å². The van der Waals surface area contributed by atoms with Crippen LogP contribution in [0.3, 0.4) is 0 Å². The molecule has 1 heterocycles. The molecule has 0 radical (unpaired) electrons. The fourth-order valence-electron chi connectivity index (χ4n) is 1.08. The molecule has 1 aromatic rings. The Bertz CT molecular complexity index is 295. The highest BCUT2D eigenvalue weighted by Crippen LogP contribution is 2.26. The van der Waals surface area contributed by atoms with Gasteiger partial charge in [-0.2, -0.15) is 0 Å². The molecular weight excluding hydrogens is 310 g/mol. The number of hydrogen-bond donors (Lipinski definition) is 1. The molecule has 0 saturated carbocycles. The molecule has 0 aliphatic heterocycles. The van der Waals surface area contributed by atoms with Crippen LogP contribution in [-0.4, -0.2) is 16.2 Å². The molecule has 1 atom stereocenters. The van der Waals surface area contributed by atoms with Crippen molar-refractivity contribution in [3.63, 3.8) is 0 Å². The van der Waals surface area contributed by atoms with E-state index in [1.165, 1.54) is 0 Å². The molecule has 1 aromatic heterocycles. The summed E-state index contributed by atoms with van der Waals surface area (Å²) in [5.74, 6) is 0.266. The number of aliphatic hydroxyl groups is 1. The second-order valence-corrected chi connectivity index (χ2v) is 5.31. The van der Waals surface area contributed by atoms with Gasteiger partial charge in [-0.15, -0.1) is 0 Å². The van der Waals surface area contributed by atoms with Crippen molar-refractivity contribution in [3.8, 4) is 0 Å². The van der Waals surface area contributed by atoms with Crippen LogP contribution in [-0.2, 0) is 6.42 Å². The van der Waals surface area contributed by atoms with Crippen LogP contribution >= 0.6 is 31.9 Å². The molecule has 14 heavy (non-hydrogen) atoms. The van der Waals surface area contributed by atoms with E-state index in [1.54, 1.807) is 12.4 Å². The van der Waals surface area contributed by atoms with E-state index in [2.05, 4.69) is 36.8 Å². The van der Waals surface area contributed by atoms with Crippen LogP contribution in [0.25, 0.3) is 0 Å². The smallest absolute Gasteiger partial charge is 0.0604 e. The molecule has 1 N–H and O–H groups in total. The Labute approximate surface area is 101 Å². The summed E-state index contributed by atoms with van der Waals surface area (Å²) >= 11 is 6.84. The molecule has 78 valence electrons. The van der Waals surface area contributed by atoms with Crippen molar-refractivity contribution in [1.29, 1.82) is 0 Å². The first-order valence-corrected chi connectivity index (χ1v) is 6.07. The van der Waals surface area contributed by atoms with Gasteiger partial charge >= 0.3 is 0 Å². The topological polar surface area (TPSA) is 33.1 Å². The molecule has 1 rings (SSSR count). The van der Waals surface area contributed by atoms with Crippen LogP contribution < -0.4 is 0 Å². The maximum absolute atomic E-state index is 9.77. The summed E-state index contributed by atoms with van der Waals surface area (Å²) in [5.41, 5.74) is 1.07. The number of aromatic nitrogens is 1. The van der Waals surface area contributed by atoms with Crippen molar-refractivity contribution < 1.29 is 5.11 Å². The minimum absolute atomic E-state index is 0.266. The molecule has 1 unspecified atom stereocenters. The summed E-state index contributed by atoms with van der Waals surface area (Å²) in [6.07, 6.45) is 3.81. The number of nitrogens with zero attached hydrogens (tertiary/aromatic N) is 1. The zero-order chi connectivity index (χ0) is 10.7. The van der Waals surface area contributed by atoms with Crippen LogP contribution in [0.4, 0.5) is 0 Å². The fraction of sp³-hybridized carbons (Fsp3) is 0.500. The van der Waals surface area contributed by atoms with Crippen LogP contribution in [0.15, 0.2) is 21.3 Å². The van der Waals surface area contributed by atoms with Gasteiger partial charge in [0.05, 0.1) is 6.10 Å². The number of pyridine rings is 1. The van der Waals surface area contributed by atoms with Gasteiger partial charge in [-0.1, -0.05) is 13.8 Å². The lowest BCUT2D eigenvalue weighted by atomic mass is 10.0. The van der Waals surface area contributed by atoms with Gasteiger partial charge in [0.15, 0.2) is 0 Å². The first-order valence-electron chi connectivity index (χ1n) is 4.48. The van der Waals surface area contributed by atoms with E-state index in [4.69, 9.17) is 0 Å². The molecule has 0 fully saturated rings. The first kappa shape index (κ1) is 12.1. The highest BCUT2D eigenvalue weighted by molar-refractivity contribution is 9.11. The Morgan fingerprint density at radius 2 is 1.79 bits per heavy atom. The van der Waals surface area contributed by atoms with Gasteiger partial charge in [0.25, 0.3) is 0 Å². The average molecular weight is 323 g/mol. The van der Waals surface area contributed by atoms with Crippen LogP contribution in [0, 0.1) is 5.92 Å². The van der Waals surface area contributed by atoms with Gasteiger partial charge in [-0.25, -0.2) is 0 Å². The molecule has 0 aromatic carbocycles. The largest absolute Gasteiger partial charge is 0.393 e. The molecule has 0 amide bonds. The number of aliphatic hydroxyl groups excluding tert-OH is 1. The van der Waals surface area contributed by atoms with Crippen molar-refractivity contribution in [2.24, 2.45) is 5.92 Å². The summed E-state index contributed by atoms with van der Waals surface area (Å²) in [6.45, 7) is 4.02. The van der Waals surface area contributed by atoms with Gasteiger partial charge < -0.3 is 5.11 Å². The third-order valence-electron chi connectivity index (χ3n) is 2.14. The number of halogens is 2. The number of rotatable bonds is 3. The van der Waals surface area contributed by atoms with E-state index in [9.17, 15) is 5.11 Å². The molecule has 4 heteroatoms. The maximum Gasteiger partial charge on any atom is 0.0604 e. The number of hydrogen-bond acceptors (Lipinski definition) is 2. The minimum Gasteiger partial charge on any atom is -0.393 e. The van der Waals surface area contributed by atoms with Crippen molar-refractivity contribution in [2.75, 3.05) is 0 Å². The summed E-state index contributed by atoms with van der Waals surface area (Å²) in [4.78, 5) is 4.02. The van der Waals surface area contributed by atoms with E-state index in [-0.39, 0.29) is 12.0 Å². The third-order valence-corrected chi connectivity index (χ3v) is 3.50. The second-order valence-electron chi connectivity index (χ2n) is 3.60. The van der Waals surface area contributed by atoms with Gasteiger partial charge in [0.2, 0.25) is 0 Å². The van der Waals surface area contributed by atoms with Crippen molar-refractivity contribution in [3.05, 3.63) is 26.9 Å². The van der Waals surface area contributed by atoms with E-state index in [0.29, 0.717) is 6.42 Å². The first-order chi connectivity index (χ1) is 6.52. The molecule has 0 spiro atoms. The zero-order valence-electron chi connectivity index (χ0n) is 8.17. The third kappa shape index (κ3) is 3.04. The van der Waals surface area contributed by atoms with Gasteiger partial charge in [0.1, 0.15) is 0 Å². The highest BCUT2D eigenvalue weighted by Gasteiger charge is 2.14. The lowest BCUT2D eigenvalue weighted by Gasteiger charge is -2.15.